The second kappa shape index (κ2) is 4.02. The Labute approximate surface area is 102 Å². The molecule has 17 heavy (non-hydrogen) atoms. The summed E-state index contributed by atoms with van der Waals surface area (Å²) in [6.07, 6.45) is 5.76. The zero-order valence-corrected chi connectivity index (χ0v) is 10.6. The summed E-state index contributed by atoms with van der Waals surface area (Å²) in [5.41, 5.74) is 2.73. The van der Waals surface area contributed by atoms with Gasteiger partial charge in [0.25, 0.3) is 0 Å². The fraction of sp³-hybridized carbons (Fsp3) is 0.400. The number of hydrogen-bond acceptors (Lipinski definition) is 0. The van der Waals surface area contributed by atoms with Crippen LogP contribution in [0.4, 0.5) is 0 Å². The Bertz CT molecular complexity index is 576. The predicted octanol–water partition coefficient (Wildman–Crippen LogP) is 3.09. The van der Waals surface area contributed by atoms with Crippen LogP contribution in [0.2, 0.25) is 0 Å². The first-order chi connectivity index (χ1) is 8.24. The average molecular weight is 227 g/mol. The van der Waals surface area contributed by atoms with Gasteiger partial charge in [-0.3, -0.25) is 4.57 Å². The van der Waals surface area contributed by atoms with Gasteiger partial charge in [0.1, 0.15) is 6.54 Å². The van der Waals surface area contributed by atoms with Crippen LogP contribution in [-0.2, 0) is 6.67 Å². The molecular weight excluding hydrogens is 208 g/mol. The third-order valence-corrected chi connectivity index (χ3v) is 3.47. The monoisotopic (exact) mass is 227 g/mol. The minimum atomic E-state index is 0.769. The Morgan fingerprint density at radius 2 is 2.18 bits per heavy atom. The third kappa shape index (κ3) is 1.88. The van der Waals surface area contributed by atoms with Crippen molar-refractivity contribution in [2.45, 2.75) is 26.9 Å². The summed E-state index contributed by atoms with van der Waals surface area (Å²) in [6, 6.07) is 8.75. The van der Waals surface area contributed by atoms with Crippen molar-refractivity contribution in [2.24, 2.45) is 5.92 Å². The van der Waals surface area contributed by atoms with E-state index in [0.29, 0.717) is 0 Å². The second-order valence-electron chi connectivity index (χ2n) is 5.34. The minimum absolute atomic E-state index is 0.769. The topological polar surface area (TPSA) is 7.94 Å². The van der Waals surface area contributed by atoms with Crippen molar-refractivity contribution in [3.8, 4) is 0 Å². The highest BCUT2D eigenvalue weighted by Gasteiger charge is 2.17. The molecule has 0 bridgehead atoms. The molecule has 0 fully saturated rings. The van der Waals surface area contributed by atoms with Gasteiger partial charge in [-0.05, 0) is 18.1 Å². The minimum Gasteiger partial charge on any atom is -0.291 e. The Balaban J connectivity index is 1.96. The van der Waals surface area contributed by atoms with Crippen molar-refractivity contribution in [2.75, 3.05) is 6.54 Å². The van der Waals surface area contributed by atoms with E-state index >= 15 is 0 Å². The molecule has 2 aromatic rings. The molecular formula is C15H19N2+. The fourth-order valence-corrected chi connectivity index (χ4v) is 2.51. The molecule has 0 saturated heterocycles. The lowest BCUT2D eigenvalue weighted by Gasteiger charge is -2.13. The van der Waals surface area contributed by atoms with Crippen molar-refractivity contribution in [3.05, 3.63) is 36.0 Å². The number of benzene rings is 1. The first-order valence-corrected chi connectivity index (χ1v) is 6.41. The van der Waals surface area contributed by atoms with Crippen LogP contribution in [0.1, 0.15) is 25.8 Å². The molecule has 88 valence electrons. The van der Waals surface area contributed by atoms with E-state index in [4.69, 9.17) is 0 Å². The normalized spacial score (nSPS) is 14.4. The fourth-order valence-electron chi connectivity index (χ4n) is 2.51. The van der Waals surface area contributed by atoms with E-state index in [0.717, 1.165) is 19.1 Å². The Kier molecular flexibility index (Phi) is 2.50. The van der Waals surface area contributed by atoms with Gasteiger partial charge in [0.2, 0.25) is 6.67 Å². The summed E-state index contributed by atoms with van der Waals surface area (Å²) in [5.74, 6) is 0.769. The van der Waals surface area contributed by atoms with Crippen LogP contribution in [0.5, 0.6) is 0 Å². The molecule has 0 radical (unpaired) electrons. The third-order valence-electron chi connectivity index (χ3n) is 3.47. The van der Waals surface area contributed by atoms with Crippen LogP contribution >= 0.6 is 0 Å². The highest BCUT2D eigenvalue weighted by atomic mass is 15.2. The molecule has 1 aliphatic heterocycles. The lowest BCUT2D eigenvalue weighted by Crippen LogP contribution is -2.23. The van der Waals surface area contributed by atoms with E-state index in [2.05, 4.69) is 59.7 Å². The first-order valence-electron chi connectivity index (χ1n) is 6.41. The summed E-state index contributed by atoms with van der Waals surface area (Å²) < 4.78 is 4.77. The van der Waals surface area contributed by atoms with E-state index in [1.807, 2.05) is 0 Å². The van der Waals surface area contributed by atoms with Gasteiger partial charge in [0.15, 0.2) is 6.21 Å². The Morgan fingerprint density at radius 3 is 3.00 bits per heavy atom. The van der Waals surface area contributed by atoms with E-state index < -0.39 is 0 Å². The molecule has 2 nitrogen and oxygen atoms in total. The summed E-state index contributed by atoms with van der Waals surface area (Å²) in [4.78, 5) is 0. The molecule has 1 aliphatic rings. The van der Waals surface area contributed by atoms with E-state index in [-0.39, 0.29) is 0 Å². The lowest BCUT2D eigenvalue weighted by atomic mass is 10.1. The number of para-hydroxylation sites is 1. The molecule has 0 N–H and O–H groups in total. The van der Waals surface area contributed by atoms with Gasteiger partial charge in [0, 0.05) is 18.0 Å². The van der Waals surface area contributed by atoms with E-state index in [9.17, 15) is 0 Å². The van der Waals surface area contributed by atoms with Gasteiger partial charge < -0.3 is 0 Å². The summed E-state index contributed by atoms with van der Waals surface area (Å²) in [7, 11) is 0. The van der Waals surface area contributed by atoms with E-state index in [1.165, 1.54) is 22.9 Å². The molecule has 0 unspecified atom stereocenters. The molecule has 1 aromatic heterocycles. The smallest absolute Gasteiger partial charge is 0.222 e. The molecule has 0 amide bonds. The van der Waals surface area contributed by atoms with Gasteiger partial charge >= 0.3 is 0 Å². The zero-order chi connectivity index (χ0) is 11.8. The molecule has 2 heterocycles. The maximum Gasteiger partial charge on any atom is 0.222 e. The van der Waals surface area contributed by atoms with Crippen LogP contribution in [0.25, 0.3) is 10.9 Å². The van der Waals surface area contributed by atoms with Crippen LogP contribution in [0.15, 0.2) is 30.5 Å². The Morgan fingerprint density at radius 1 is 1.29 bits per heavy atom. The molecule has 0 spiro atoms. The zero-order valence-electron chi connectivity index (χ0n) is 10.6. The summed E-state index contributed by atoms with van der Waals surface area (Å²) in [5, 5.41) is 1.35. The predicted molar refractivity (Wildman–Crippen MR) is 71.7 cm³/mol. The van der Waals surface area contributed by atoms with E-state index in [1.54, 1.807) is 0 Å². The molecule has 2 heteroatoms. The number of rotatable bonds is 3. The Hall–Kier alpha value is -1.57. The molecule has 3 rings (SSSR count). The second-order valence-corrected chi connectivity index (χ2v) is 5.34. The molecule has 0 atom stereocenters. The first kappa shape index (κ1) is 10.6. The molecule has 1 aromatic carbocycles. The van der Waals surface area contributed by atoms with Crippen LogP contribution in [0, 0.1) is 5.92 Å². The van der Waals surface area contributed by atoms with Gasteiger partial charge in [0.05, 0.1) is 11.1 Å². The lowest BCUT2D eigenvalue weighted by molar-refractivity contribution is -0.556. The summed E-state index contributed by atoms with van der Waals surface area (Å²) in [6.45, 7) is 6.70. The standard InChI is InChI=1S/C15H19N2/c1-12(2)6-8-16-10-14-5-3-4-13-7-9-17(11-16)15(13)14/h3-5,7,9-10,12H,6,8,11H2,1-2H3/q+1. The van der Waals surface area contributed by atoms with Crippen LogP contribution in [-0.4, -0.2) is 21.9 Å². The summed E-state index contributed by atoms with van der Waals surface area (Å²) >= 11 is 0. The van der Waals surface area contributed by atoms with Crippen LogP contribution in [0.3, 0.4) is 0 Å². The molecule has 0 saturated carbocycles. The van der Waals surface area contributed by atoms with Crippen molar-refractivity contribution in [1.29, 1.82) is 0 Å². The van der Waals surface area contributed by atoms with Gasteiger partial charge in [-0.25, -0.2) is 4.58 Å². The number of hydrogen-bond donors (Lipinski definition) is 0. The largest absolute Gasteiger partial charge is 0.291 e. The van der Waals surface area contributed by atoms with Gasteiger partial charge in [-0.15, -0.1) is 0 Å². The SMILES string of the molecule is CC(C)CC[N+]1=Cc2cccc3ccn(c23)C1. The van der Waals surface area contributed by atoms with Crippen molar-refractivity contribution in [3.63, 3.8) is 0 Å². The maximum absolute atomic E-state index is 2.42. The van der Waals surface area contributed by atoms with Gasteiger partial charge in [-0.1, -0.05) is 26.0 Å². The number of nitrogens with zero attached hydrogens (tertiary/aromatic N) is 2. The highest BCUT2D eigenvalue weighted by Crippen LogP contribution is 2.21. The van der Waals surface area contributed by atoms with Gasteiger partial charge in [-0.2, -0.15) is 0 Å². The average Bonchev–Trinajstić information content (AvgIpc) is 2.72. The van der Waals surface area contributed by atoms with Crippen molar-refractivity contribution < 1.29 is 4.58 Å². The maximum atomic E-state index is 2.42. The molecule has 0 aliphatic carbocycles. The quantitative estimate of drug-likeness (QED) is 0.712. The van der Waals surface area contributed by atoms with Crippen LogP contribution < -0.4 is 0 Å². The highest BCUT2D eigenvalue weighted by molar-refractivity contribution is 5.97. The van der Waals surface area contributed by atoms with Crippen molar-refractivity contribution in [1.82, 2.24) is 4.57 Å². The van der Waals surface area contributed by atoms with Crippen molar-refractivity contribution >= 4 is 17.1 Å². The number of aromatic nitrogens is 1.